The van der Waals surface area contributed by atoms with Crippen LogP contribution in [0.2, 0.25) is 0 Å². The summed E-state index contributed by atoms with van der Waals surface area (Å²) < 4.78 is 3.81. The fraction of sp³-hybridized carbons (Fsp3) is 0.500. The molecule has 0 saturated heterocycles. The molecule has 0 amide bonds. The average Bonchev–Trinajstić information content (AvgIpc) is 1.41. The molecule has 0 unspecified atom stereocenters. The van der Waals surface area contributed by atoms with Crippen LogP contribution in [0.25, 0.3) is 0 Å². The van der Waals surface area contributed by atoms with Gasteiger partial charge in [-0.3, -0.25) is 5.73 Å². The first-order valence-corrected chi connectivity index (χ1v) is 1.11. The Bertz CT molecular complexity index is 28.8. The molecular formula is C2H4NO2. The van der Waals surface area contributed by atoms with Gasteiger partial charge in [0.2, 0.25) is 0 Å². The molecule has 0 atom stereocenters. The van der Waals surface area contributed by atoms with Crippen molar-refractivity contribution in [1.29, 1.82) is 0 Å². The highest BCUT2D eigenvalue weighted by Crippen LogP contribution is 1.45. The van der Waals surface area contributed by atoms with Crippen molar-refractivity contribution in [2.75, 3.05) is 6.73 Å². The van der Waals surface area contributed by atoms with Crippen molar-refractivity contribution in [2.24, 2.45) is 5.73 Å². The van der Waals surface area contributed by atoms with Crippen LogP contribution >= 0.6 is 0 Å². The normalized spacial score (nSPS) is 6.60. The summed E-state index contributed by atoms with van der Waals surface area (Å²) in [5, 5.41) is 0. The van der Waals surface area contributed by atoms with Crippen LogP contribution in [0.15, 0.2) is 0 Å². The van der Waals surface area contributed by atoms with E-state index in [0.29, 0.717) is 0 Å². The van der Waals surface area contributed by atoms with E-state index >= 15 is 0 Å². The Kier molecular flexibility index (Phi) is 3.04. The maximum atomic E-state index is 8.98. The van der Waals surface area contributed by atoms with E-state index in [2.05, 4.69) is 10.5 Å². The highest BCUT2D eigenvalue weighted by atomic mass is 16.5. The van der Waals surface area contributed by atoms with Crippen LogP contribution in [0.5, 0.6) is 0 Å². The predicted octanol–water partition coefficient (Wildman–Crippen LogP) is -1.01. The van der Waals surface area contributed by atoms with Crippen LogP contribution in [-0.2, 0) is 9.53 Å². The molecule has 0 fully saturated rings. The number of rotatable bonds is 2. The lowest BCUT2D eigenvalue weighted by atomic mass is 11.3. The first kappa shape index (κ1) is 4.43. The Balaban J connectivity index is 2.40. The molecule has 0 aromatic rings. The quantitative estimate of drug-likeness (QED) is 0.427. The molecule has 0 rings (SSSR count). The van der Waals surface area contributed by atoms with Crippen LogP contribution in [0.1, 0.15) is 0 Å². The molecule has 1 radical (unpaired) electrons. The topological polar surface area (TPSA) is 52.3 Å². The molecule has 5 heavy (non-hydrogen) atoms. The summed E-state index contributed by atoms with van der Waals surface area (Å²) >= 11 is 0. The molecule has 3 heteroatoms. The summed E-state index contributed by atoms with van der Waals surface area (Å²) in [5.41, 5.74) is 4.65. The van der Waals surface area contributed by atoms with E-state index in [1.54, 1.807) is 0 Å². The van der Waals surface area contributed by atoms with Gasteiger partial charge in [0.15, 0.2) is 0 Å². The fourth-order valence-electron chi connectivity index (χ4n) is 0.0340. The minimum absolute atomic E-state index is 0.0799. The molecule has 2 N–H and O–H groups in total. The van der Waals surface area contributed by atoms with Gasteiger partial charge in [-0.1, -0.05) is 0 Å². The van der Waals surface area contributed by atoms with Gasteiger partial charge in [0.05, 0.1) is 0 Å². The lowest BCUT2D eigenvalue weighted by molar-refractivity contribution is 0.287. The van der Waals surface area contributed by atoms with Crippen molar-refractivity contribution >= 4 is 6.47 Å². The van der Waals surface area contributed by atoms with Gasteiger partial charge in [0, 0.05) is 0 Å². The molecule has 0 bridgehead atoms. The lowest BCUT2D eigenvalue weighted by Crippen LogP contribution is -2.01. The fourth-order valence-corrected chi connectivity index (χ4v) is 0.0340. The minimum atomic E-state index is -0.0799. The summed E-state index contributed by atoms with van der Waals surface area (Å²) in [4.78, 5) is 8.98. The van der Waals surface area contributed by atoms with E-state index in [0.717, 1.165) is 6.47 Å². The minimum Gasteiger partial charge on any atom is -0.442 e. The van der Waals surface area contributed by atoms with E-state index < -0.39 is 0 Å². The third-order valence-electron chi connectivity index (χ3n) is 0.142. The van der Waals surface area contributed by atoms with E-state index in [1.165, 1.54) is 0 Å². The maximum absolute atomic E-state index is 8.98. The molecule has 0 aliphatic carbocycles. The molecule has 0 aliphatic heterocycles. The zero-order valence-electron chi connectivity index (χ0n) is 2.60. The number of hydrogen-bond donors (Lipinski definition) is 1. The third-order valence-corrected chi connectivity index (χ3v) is 0.142. The van der Waals surface area contributed by atoms with Crippen molar-refractivity contribution in [3.63, 3.8) is 0 Å². The summed E-state index contributed by atoms with van der Waals surface area (Å²) in [6, 6.07) is 0. The lowest BCUT2D eigenvalue weighted by Gasteiger charge is -1.78. The molecule has 29 valence electrons. The summed E-state index contributed by atoms with van der Waals surface area (Å²) in [5.74, 6) is 0. The molecular weight excluding hydrogens is 70.0 g/mol. The van der Waals surface area contributed by atoms with Crippen molar-refractivity contribution in [1.82, 2.24) is 0 Å². The molecule has 0 spiro atoms. The summed E-state index contributed by atoms with van der Waals surface area (Å²) in [6.45, 7) is 1.06. The van der Waals surface area contributed by atoms with Crippen molar-refractivity contribution < 1.29 is 9.53 Å². The van der Waals surface area contributed by atoms with Crippen LogP contribution in [0.4, 0.5) is 0 Å². The van der Waals surface area contributed by atoms with Gasteiger partial charge in [0.1, 0.15) is 6.73 Å². The Morgan fingerprint density at radius 1 is 2.00 bits per heavy atom. The second-order valence-electron chi connectivity index (χ2n) is 0.394. The van der Waals surface area contributed by atoms with Gasteiger partial charge in [-0.2, -0.15) is 0 Å². The molecule has 0 aromatic carbocycles. The predicted molar refractivity (Wildman–Crippen MR) is 15.8 cm³/mol. The summed E-state index contributed by atoms with van der Waals surface area (Å²) in [6.07, 6.45) is 0. The largest absolute Gasteiger partial charge is 0.442 e. The van der Waals surface area contributed by atoms with Gasteiger partial charge in [-0.15, -0.1) is 0 Å². The van der Waals surface area contributed by atoms with Crippen LogP contribution in [-0.4, -0.2) is 13.2 Å². The van der Waals surface area contributed by atoms with E-state index in [4.69, 9.17) is 4.79 Å². The first-order valence-electron chi connectivity index (χ1n) is 1.11. The molecule has 0 saturated carbocycles. The zero-order valence-corrected chi connectivity index (χ0v) is 2.60. The Hall–Kier alpha value is -0.570. The maximum Gasteiger partial charge on any atom is 0.418 e. The number of hydrogen-bond acceptors (Lipinski definition) is 3. The SMILES string of the molecule is NCO[C]=O. The molecule has 0 aromatic heterocycles. The first-order chi connectivity index (χ1) is 2.41. The second kappa shape index (κ2) is 3.43. The molecule has 0 aliphatic rings. The smallest absolute Gasteiger partial charge is 0.418 e. The second-order valence-corrected chi connectivity index (χ2v) is 0.394. The van der Waals surface area contributed by atoms with Gasteiger partial charge in [0.25, 0.3) is 0 Å². The highest BCUT2D eigenvalue weighted by molar-refractivity contribution is 5.37. The number of ether oxygens (including phenoxy) is 1. The molecule has 3 nitrogen and oxygen atoms in total. The standard InChI is InChI=1S/C2H4NO2/c3-1-5-2-4/h1,3H2. The van der Waals surface area contributed by atoms with E-state index in [-0.39, 0.29) is 6.73 Å². The summed E-state index contributed by atoms with van der Waals surface area (Å²) in [7, 11) is 0. The van der Waals surface area contributed by atoms with Gasteiger partial charge < -0.3 is 4.74 Å². The van der Waals surface area contributed by atoms with Gasteiger partial charge in [-0.25, -0.2) is 4.79 Å². The Morgan fingerprint density at radius 2 is 2.60 bits per heavy atom. The average molecular weight is 74.1 g/mol. The van der Waals surface area contributed by atoms with E-state index in [9.17, 15) is 0 Å². The van der Waals surface area contributed by atoms with Gasteiger partial charge in [-0.05, 0) is 0 Å². The van der Waals surface area contributed by atoms with Crippen LogP contribution in [0.3, 0.4) is 0 Å². The Labute approximate surface area is 29.7 Å². The number of nitrogens with two attached hydrogens (primary N) is 1. The highest BCUT2D eigenvalue weighted by Gasteiger charge is 1.64. The van der Waals surface area contributed by atoms with Crippen molar-refractivity contribution in [3.05, 3.63) is 0 Å². The zero-order chi connectivity index (χ0) is 4.12. The van der Waals surface area contributed by atoms with Crippen molar-refractivity contribution in [3.8, 4) is 0 Å². The van der Waals surface area contributed by atoms with Gasteiger partial charge >= 0.3 is 6.47 Å². The third kappa shape index (κ3) is 3.43. The van der Waals surface area contributed by atoms with E-state index in [1.807, 2.05) is 0 Å². The number of carbonyl (C=O) groups excluding carboxylic acids is 1. The Morgan fingerprint density at radius 3 is 2.60 bits per heavy atom. The van der Waals surface area contributed by atoms with Crippen LogP contribution < -0.4 is 5.73 Å². The van der Waals surface area contributed by atoms with Crippen LogP contribution in [0, 0.1) is 0 Å². The monoisotopic (exact) mass is 74.0 g/mol. The van der Waals surface area contributed by atoms with Crippen molar-refractivity contribution in [2.45, 2.75) is 0 Å². The molecule has 0 heterocycles.